The number of aryl methyl sites for hydroxylation is 5. The Bertz CT molecular complexity index is 1360. The SMILES string of the molecule is Cc1nc(Sc2nc3sc4c(c3c(=O)n2C)CCCC4)c2c3c(sc2n1)CCC3. The Kier molecular flexibility index (Phi) is 4.12. The standard InChI is InChI=1S/C21H20N4OS3/c1-10-22-17-15(11-7-5-9-14(11)27-17)18(23-10)29-21-24-19-16(20(26)25(21)2)12-6-3-4-8-13(12)28-19/h3-9H2,1-2H3. The minimum absolute atomic E-state index is 0.0782. The normalized spacial score (nSPS) is 15.9. The summed E-state index contributed by atoms with van der Waals surface area (Å²) in [6.07, 6.45) is 7.91. The maximum Gasteiger partial charge on any atom is 0.262 e. The Hall–Kier alpha value is -1.77. The quantitative estimate of drug-likeness (QED) is 0.330. The summed E-state index contributed by atoms with van der Waals surface area (Å²) in [6, 6.07) is 0. The lowest BCUT2D eigenvalue weighted by molar-refractivity contribution is 0.695. The Morgan fingerprint density at radius 1 is 0.862 bits per heavy atom. The van der Waals surface area contributed by atoms with Crippen LogP contribution >= 0.6 is 34.4 Å². The van der Waals surface area contributed by atoms with Crippen molar-refractivity contribution in [3.63, 3.8) is 0 Å². The fourth-order valence-electron chi connectivity index (χ4n) is 4.58. The molecular formula is C21H20N4OS3. The second-order valence-electron chi connectivity index (χ2n) is 7.87. The summed E-state index contributed by atoms with van der Waals surface area (Å²) in [6.45, 7) is 1.94. The molecule has 5 nitrogen and oxygen atoms in total. The van der Waals surface area contributed by atoms with Gasteiger partial charge in [0.15, 0.2) is 5.16 Å². The maximum absolute atomic E-state index is 13.2. The fraction of sp³-hybridized carbons (Fsp3) is 0.429. The number of thiophene rings is 2. The van der Waals surface area contributed by atoms with Gasteiger partial charge in [0, 0.05) is 22.2 Å². The lowest BCUT2D eigenvalue weighted by Gasteiger charge is -2.11. The van der Waals surface area contributed by atoms with Crippen molar-refractivity contribution in [2.45, 2.75) is 62.1 Å². The van der Waals surface area contributed by atoms with Crippen LogP contribution < -0.4 is 5.56 Å². The van der Waals surface area contributed by atoms with Crippen LogP contribution in [0.15, 0.2) is 15.0 Å². The topological polar surface area (TPSA) is 60.7 Å². The van der Waals surface area contributed by atoms with Gasteiger partial charge in [-0.3, -0.25) is 9.36 Å². The van der Waals surface area contributed by atoms with Crippen LogP contribution in [-0.2, 0) is 32.7 Å². The van der Waals surface area contributed by atoms with Crippen molar-refractivity contribution in [3.05, 3.63) is 37.1 Å². The molecule has 0 amide bonds. The average Bonchev–Trinajstić information content (AvgIpc) is 3.37. The zero-order valence-corrected chi connectivity index (χ0v) is 18.8. The molecule has 2 aliphatic rings. The van der Waals surface area contributed by atoms with Crippen LogP contribution in [0.1, 0.15) is 46.0 Å². The molecule has 0 fully saturated rings. The molecule has 0 saturated heterocycles. The summed E-state index contributed by atoms with van der Waals surface area (Å²) in [5.74, 6) is 0.776. The van der Waals surface area contributed by atoms with E-state index in [-0.39, 0.29) is 5.56 Å². The van der Waals surface area contributed by atoms with Crippen LogP contribution in [-0.4, -0.2) is 19.5 Å². The third-order valence-corrected chi connectivity index (χ3v) is 9.39. The molecule has 0 aromatic carbocycles. The minimum Gasteiger partial charge on any atom is -0.290 e. The maximum atomic E-state index is 13.2. The van der Waals surface area contributed by atoms with Crippen LogP contribution in [0.25, 0.3) is 20.4 Å². The minimum atomic E-state index is 0.0782. The van der Waals surface area contributed by atoms with Crippen LogP contribution in [0.3, 0.4) is 0 Å². The Morgan fingerprint density at radius 2 is 1.52 bits per heavy atom. The molecule has 0 radical (unpaired) electrons. The molecule has 8 heteroatoms. The van der Waals surface area contributed by atoms with E-state index in [0.717, 1.165) is 56.7 Å². The number of hydrogen-bond donors (Lipinski definition) is 0. The van der Waals surface area contributed by atoms with Crippen molar-refractivity contribution in [2.75, 3.05) is 0 Å². The van der Waals surface area contributed by atoms with E-state index in [9.17, 15) is 4.79 Å². The Balaban J connectivity index is 1.54. The van der Waals surface area contributed by atoms with Crippen LogP contribution in [0.5, 0.6) is 0 Å². The third-order valence-electron chi connectivity index (χ3n) is 5.99. The summed E-state index contributed by atoms with van der Waals surface area (Å²) in [4.78, 5) is 32.4. The molecule has 4 aromatic heterocycles. The van der Waals surface area contributed by atoms with Gasteiger partial charge in [-0.2, -0.15) is 0 Å². The highest BCUT2D eigenvalue weighted by Gasteiger charge is 2.25. The van der Waals surface area contributed by atoms with Crippen molar-refractivity contribution < 1.29 is 0 Å². The van der Waals surface area contributed by atoms with Crippen molar-refractivity contribution >= 4 is 54.9 Å². The number of fused-ring (bicyclic) bond motifs is 6. The molecule has 0 aliphatic heterocycles. The highest BCUT2D eigenvalue weighted by molar-refractivity contribution is 7.99. The molecule has 6 rings (SSSR count). The van der Waals surface area contributed by atoms with E-state index in [1.807, 2.05) is 14.0 Å². The number of hydrogen-bond acceptors (Lipinski definition) is 7. The van der Waals surface area contributed by atoms with Crippen molar-refractivity contribution in [3.8, 4) is 0 Å². The van der Waals surface area contributed by atoms with Gasteiger partial charge in [-0.15, -0.1) is 22.7 Å². The number of nitrogens with zero attached hydrogens (tertiary/aromatic N) is 4. The monoisotopic (exact) mass is 440 g/mol. The summed E-state index contributed by atoms with van der Waals surface area (Å²) >= 11 is 5.03. The highest BCUT2D eigenvalue weighted by atomic mass is 32.2. The summed E-state index contributed by atoms with van der Waals surface area (Å²) in [7, 11) is 1.84. The zero-order valence-electron chi connectivity index (χ0n) is 16.4. The molecule has 0 bridgehead atoms. The zero-order chi connectivity index (χ0) is 19.7. The molecule has 29 heavy (non-hydrogen) atoms. The van der Waals surface area contributed by atoms with E-state index >= 15 is 0 Å². The second kappa shape index (κ2) is 6.62. The van der Waals surface area contributed by atoms with Gasteiger partial charge < -0.3 is 0 Å². The van der Waals surface area contributed by atoms with Gasteiger partial charge in [0.05, 0.1) is 5.39 Å². The summed E-state index contributed by atoms with van der Waals surface area (Å²) in [5.41, 5.74) is 2.73. The van der Waals surface area contributed by atoms with Gasteiger partial charge in [-0.25, -0.2) is 15.0 Å². The lowest BCUT2D eigenvalue weighted by Crippen LogP contribution is -2.20. The Morgan fingerprint density at radius 3 is 2.34 bits per heavy atom. The molecule has 4 heterocycles. The van der Waals surface area contributed by atoms with Gasteiger partial charge in [-0.1, -0.05) is 0 Å². The summed E-state index contributed by atoms with van der Waals surface area (Å²) < 4.78 is 1.71. The van der Waals surface area contributed by atoms with Crippen molar-refractivity contribution in [2.24, 2.45) is 7.05 Å². The molecule has 4 aromatic rings. The van der Waals surface area contributed by atoms with E-state index < -0.39 is 0 Å². The van der Waals surface area contributed by atoms with E-state index in [2.05, 4.69) is 4.98 Å². The predicted molar refractivity (Wildman–Crippen MR) is 120 cm³/mol. The van der Waals surface area contributed by atoms with Gasteiger partial charge >= 0.3 is 0 Å². The molecule has 0 N–H and O–H groups in total. The van der Waals surface area contributed by atoms with Crippen LogP contribution in [0.4, 0.5) is 0 Å². The van der Waals surface area contributed by atoms with Gasteiger partial charge in [0.25, 0.3) is 5.56 Å². The first-order valence-corrected chi connectivity index (χ1v) is 12.5. The molecule has 0 spiro atoms. The highest BCUT2D eigenvalue weighted by Crippen LogP contribution is 2.42. The molecule has 2 aliphatic carbocycles. The number of aromatic nitrogens is 4. The predicted octanol–water partition coefficient (Wildman–Crippen LogP) is 4.83. The van der Waals surface area contributed by atoms with E-state index in [0.29, 0.717) is 0 Å². The third kappa shape index (κ3) is 2.72. The van der Waals surface area contributed by atoms with Gasteiger partial charge in [0.1, 0.15) is 20.5 Å². The van der Waals surface area contributed by atoms with Crippen molar-refractivity contribution in [1.29, 1.82) is 0 Å². The molecule has 0 atom stereocenters. The van der Waals surface area contributed by atoms with Crippen LogP contribution in [0, 0.1) is 6.92 Å². The molecule has 0 unspecified atom stereocenters. The largest absolute Gasteiger partial charge is 0.290 e. The average molecular weight is 441 g/mol. The Labute approximate surface area is 180 Å². The van der Waals surface area contributed by atoms with Crippen molar-refractivity contribution in [1.82, 2.24) is 19.5 Å². The van der Waals surface area contributed by atoms with E-state index in [1.165, 1.54) is 57.3 Å². The van der Waals surface area contributed by atoms with E-state index in [1.54, 1.807) is 27.2 Å². The molecular weight excluding hydrogens is 420 g/mol. The van der Waals surface area contributed by atoms with Crippen LogP contribution in [0.2, 0.25) is 0 Å². The smallest absolute Gasteiger partial charge is 0.262 e. The first kappa shape index (κ1) is 18.0. The molecule has 0 saturated carbocycles. The van der Waals surface area contributed by atoms with Gasteiger partial charge in [-0.05, 0) is 74.8 Å². The first-order chi connectivity index (χ1) is 14.1. The van der Waals surface area contributed by atoms with Gasteiger partial charge in [0.2, 0.25) is 0 Å². The summed E-state index contributed by atoms with van der Waals surface area (Å²) in [5, 5.41) is 3.68. The molecule has 148 valence electrons. The second-order valence-corrected chi connectivity index (χ2v) is 11.0. The number of rotatable bonds is 2. The fourth-order valence-corrected chi connectivity index (χ4v) is 8.29. The van der Waals surface area contributed by atoms with E-state index in [4.69, 9.17) is 9.97 Å². The first-order valence-electron chi connectivity index (χ1n) is 10.1. The lowest BCUT2D eigenvalue weighted by atomic mass is 9.97.